The van der Waals surface area contributed by atoms with Crippen LogP contribution in [0.2, 0.25) is 0 Å². The fourth-order valence-corrected chi connectivity index (χ4v) is 6.10. The minimum absolute atomic E-state index is 0.160. The molecule has 2 fully saturated rings. The highest BCUT2D eigenvalue weighted by atomic mass is 16.5. The summed E-state index contributed by atoms with van der Waals surface area (Å²) in [5.41, 5.74) is 2.50. The largest absolute Gasteiger partial charge is 0.469 e. The van der Waals surface area contributed by atoms with Crippen molar-refractivity contribution < 1.29 is 28.7 Å². The molecular formula is C25H23NO6. The Kier molecular flexibility index (Phi) is 4.84. The first-order chi connectivity index (χ1) is 15.5. The van der Waals surface area contributed by atoms with Crippen LogP contribution in [0.1, 0.15) is 28.5 Å². The molecule has 164 valence electrons. The van der Waals surface area contributed by atoms with Crippen LogP contribution in [0.25, 0.3) is 0 Å². The molecule has 0 radical (unpaired) electrons. The molecule has 2 aromatic carbocycles. The quantitative estimate of drug-likeness (QED) is 0.543. The third-order valence-electron chi connectivity index (χ3n) is 7.27. The molecule has 2 amide bonds. The van der Waals surface area contributed by atoms with Crippen LogP contribution in [0.5, 0.6) is 0 Å². The maximum atomic E-state index is 13.6. The normalized spacial score (nSPS) is 30.0. The number of likely N-dealkylation sites (tertiary alicyclic amines) is 1. The molecule has 0 spiro atoms. The van der Waals surface area contributed by atoms with E-state index in [1.807, 2.05) is 54.6 Å². The number of rotatable bonds is 4. The van der Waals surface area contributed by atoms with Crippen LogP contribution in [0.4, 0.5) is 0 Å². The van der Waals surface area contributed by atoms with Crippen LogP contribution < -0.4 is 0 Å². The van der Waals surface area contributed by atoms with E-state index in [2.05, 4.69) is 0 Å². The summed E-state index contributed by atoms with van der Waals surface area (Å²) >= 11 is 0. The Hall–Kier alpha value is -3.48. The van der Waals surface area contributed by atoms with Gasteiger partial charge in [-0.05, 0) is 16.7 Å². The van der Waals surface area contributed by atoms with Gasteiger partial charge in [-0.1, -0.05) is 54.6 Å². The molecule has 1 heterocycles. The lowest BCUT2D eigenvalue weighted by Crippen LogP contribution is -2.55. The standard InChI is InChI=1S/C25H23NO6/c1-31-24(29)20-16-14-10-6-7-11-15(14)17(21(20)25(30)32-2)19-18(16)22(27)26(23(19)28)12-13-8-4-3-5-9-13/h3-11,16-21H,12H2,1-2H3/t16-,17+,18+,19-,20-,21-/m1/s1. The minimum Gasteiger partial charge on any atom is -0.469 e. The first kappa shape index (κ1) is 20.4. The Balaban J connectivity index is 1.65. The van der Waals surface area contributed by atoms with Crippen molar-refractivity contribution in [3.63, 3.8) is 0 Å². The first-order valence-electron chi connectivity index (χ1n) is 10.6. The van der Waals surface area contributed by atoms with Crippen molar-refractivity contribution in [2.24, 2.45) is 23.7 Å². The van der Waals surface area contributed by atoms with Crippen molar-refractivity contribution in [3.05, 3.63) is 71.3 Å². The lowest BCUT2D eigenvalue weighted by Gasteiger charge is -2.51. The summed E-state index contributed by atoms with van der Waals surface area (Å²) in [6.45, 7) is 0.160. The second-order valence-electron chi connectivity index (χ2n) is 8.58. The van der Waals surface area contributed by atoms with Gasteiger partial charge in [-0.25, -0.2) is 0 Å². The van der Waals surface area contributed by atoms with Crippen LogP contribution in [-0.2, 0) is 35.2 Å². The van der Waals surface area contributed by atoms with E-state index in [0.29, 0.717) is 0 Å². The number of imide groups is 1. The van der Waals surface area contributed by atoms with Crippen LogP contribution in [-0.4, -0.2) is 42.9 Å². The molecular weight excluding hydrogens is 410 g/mol. The summed E-state index contributed by atoms with van der Waals surface area (Å²) in [6.07, 6.45) is 0. The molecule has 7 nitrogen and oxygen atoms in total. The predicted octanol–water partition coefficient (Wildman–Crippen LogP) is 2.26. The number of amides is 2. The smallest absolute Gasteiger partial charge is 0.310 e. The van der Waals surface area contributed by atoms with E-state index < -0.39 is 47.4 Å². The van der Waals surface area contributed by atoms with E-state index in [4.69, 9.17) is 9.47 Å². The fourth-order valence-electron chi connectivity index (χ4n) is 6.10. The van der Waals surface area contributed by atoms with Crippen molar-refractivity contribution in [2.45, 2.75) is 18.4 Å². The number of hydrogen-bond acceptors (Lipinski definition) is 6. The highest BCUT2D eigenvalue weighted by molar-refractivity contribution is 6.08. The van der Waals surface area contributed by atoms with Gasteiger partial charge in [-0.2, -0.15) is 0 Å². The van der Waals surface area contributed by atoms with Gasteiger partial charge in [-0.15, -0.1) is 0 Å². The topological polar surface area (TPSA) is 90.0 Å². The number of carbonyl (C=O) groups excluding carboxylic acids is 4. The first-order valence-corrected chi connectivity index (χ1v) is 10.6. The number of ether oxygens (including phenoxy) is 2. The molecule has 0 N–H and O–H groups in total. The van der Waals surface area contributed by atoms with E-state index in [1.54, 1.807) is 0 Å². The maximum Gasteiger partial charge on any atom is 0.310 e. The molecule has 1 aliphatic heterocycles. The van der Waals surface area contributed by atoms with Gasteiger partial charge in [0.25, 0.3) is 0 Å². The molecule has 0 unspecified atom stereocenters. The predicted molar refractivity (Wildman–Crippen MR) is 112 cm³/mol. The van der Waals surface area contributed by atoms with Gasteiger partial charge in [-0.3, -0.25) is 24.1 Å². The molecule has 2 aromatic rings. The van der Waals surface area contributed by atoms with Crippen molar-refractivity contribution in [2.75, 3.05) is 14.2 Å². The monoisotopic (exact) mass is 433 g/mol. The summed E-state index contributed by atoms with van der Waals surface area (Å²) in [5.74, 6) is -6.19. The van der Waals surface area contributed by atoms with Crippen LogP contribution in [0.15, 0.2) is 54.6 Å². The van der Waals surface area contributed by atoms with Gasteiger partial charge in [0.15, 0.2) is 0 Å². The summed E-state index contributed by atoms with van der Waals surface area (Å²) in [7, 11) is 2.54. The molecule has 2 bridgehead atoms. The second kappa shape index (κ2) is 7.58. The average molecular weight is 433 g/mol. The molecule has 6 rings (SSSR count). The van der Waals surface area contributed by atoms with Crippen LogP contribution in [0, 0.1) is 23.7 Å². The zero-order valence-electron chi connectivity index (χ0n) is 17.8. The van der Waals surface area contributed by atoms with Gasteiger partial charge < -0.3 is 9.47 Å². The molecule has 4 aliphatic rings. The molecule has 6 atom stereocenters. The van der Waals surface area contributed by atoms with Gasteiger partial charge >= 0.3 is 11.9 Å². The zero-order valence-corrected chi connectivity index (χ0v) is 17.8. The van der Waals surface area contributed by atoms with E-state index in [0.717, 1.165) is 16.7 Å². The average Bonchev–Trinajstić information content (AvgIpc) is 3.09. The van der Waals surface area contributed by atoms with E-state index in [-0.39, 0.29) is 18.4 Å². The number of esters is 2. The third-order valence-corrected chi connectivity index (χ3v) is 7.27. The van der Waals surface area contributed by atoms with Crippen molar-refractivity contribution >= 4 is 23.8 Å². The summed E-state index contributed by atoms with van der Waals surface area (Å²) in [4.78, 5) is 54.3. The number of carbonyl (C=O) groups is 4. The maximum absolute atomic E-state index is 13.6. The van der Waals surface area contributed by atoms with Crippen LogP contribution >= 0.6 is 0 Å². The lowest BCUT2D eigenvalue weighted by molar-refractivity contribution is -0.167. The summed E-state index contributed by atoms with van der Waals surface area (Å²) in [6, 6.07) is 16.8. The number of benzene rings is 2. The molecule has 1 saturated carbocycles. The molecule has 3 aliphatic carbocycles. The number of methoxy groups -OCH3 is 2. The van der Waals surface area contributed by atoms with Crippen LogP contribution in [0.3, 0.4) is 0 Å². The second-order valence-corrected chi connectivity index (χ2v) is 8.58. The van der Waals surface area contributed by atoms with Gasteiger partial charge in [0.05, 0.1) is 44.4 Å². The number of fused-ring (bicyclic) bond motifs is 1. The highest BCUT2D eigenvalue weighted by Gasteiger charge is 2.68. The Labute approximate surface area is 185 Å². The summed E-state index contributed by atoms with van der Waals surface area (Å²) < 4.78 is 10.1. The minimum atomic E-state index is -0.887. The van der Waals surface area contributed by atoms with Crippen molar-refractivity contribution in [1.29, 1.82) is 0 Å². The third kappa shape index (κ3) is 2.73. The molecule has 32 heavy (non-hydrogen) atoms. The Morgan fingerprint density at radius 1 is 0.719 bits per heavy atom. The van der Waals surface area contributed by atoms with E-state index >= 15 is 0 Å². The SMILES string of the molecule is COC(=O)[C@H]1[C@H](C(=O)OC)[C@@H]2c3ccccc3[C@H]1[C@H]1C(=O)N(Cc3ccccc3)C(=O)[C@H]12. The van der Waals surface area contributed by atoms with Gasteiger partial charge in [0, 0.05) is 11.8 Å². The Bertz CT molecular complexity index is 1050. The lowest BCUT2D eigenvalue weighted by atomic mass is 9.49. The Morgan fingerprint density at radius 2 is 1.16 bits per heavy atom. The van der Waals surface area contributed by atoms with Gasteiger partial charge in [0.1, 0.15) is 0 Å². The number of hydrogen-bond donors (Lipinski definition) is 0. The van der Waals surface area contributed by atoms with E-state index in [9.17, 15) is 19.2 Å². The molecule has 1 saturated heterocycles. The highest BCUT2D eigenvalue weighted by Crippen LogP contribution is 2.63. The zero-order chi connectivity index (χ0) is 22.6. The summed E-state index contributed by atoms with van der Waals surface area (Å²) in [5, 5.41) is 0. The molecule has 7 heteroatoms. The van der Waals surface area contributed by atoms with Crippen molar-refractivity contribution in [3.8, 4) is 0 Å². The number of nitrogens with zero attached hydrogens (tertiary/aromatic N) is 1. The van der Waals surface area contributed by atoms with Gasteiger partial charge in [0.2, 0.25) is 11.8 Å². The fraction of sp³-hybridized carbons (Fsp3) is 0.360. The van der Waals surface area contributed by atoms with E-state index in [1.165, 1.54) is 19.1 Å². The molecule has 0 aromatic heterocycles. The Morgan fingerprint density at radius 3 is 1.59 bits per heavy atom. The van der Waals surface area contributed by atoms with Crippen molar-refractivity contribution in [1.82, 2.24) is 4.90 Å².